The Morgan fingerprint density at radius 3 is 1.60 bits per heavy atom. The van der Waals surface area contributed by atoms with Crippen LogP contribution in [-0.2, 0) is 16.2 Å². The van der Waals surface area contributed by atoms with Gasteiger partial charge in [0.15, 0.2) is 0 Å². The average Bonchev–Trinajstić information content (AvgIpc) is 3.24. The molecule has 0 bridgehead atoms. The molecule has 0 spiro atoms. The Morgan fingerprint density at radius 2 is 1.37 bits per heavy atom. The molecule has 3 aromatic rings. The second-order valence-corrected chi connectivity index (χ2v) is 13.0. The van der Waals surface area contributed by atoms with Crippen molar-refractivity contribution in [3.8, 4) is 0 Å². The van der Waals surface area contributed by atoms with Gasteiger partial charge in [-0.05, 0) is 70.9 Å². The van der Waals surface area contributed by atoms with Crippen LogP contribution in [0.15, 0.2) is 48.1 Å². The fourth-order valence-corrected chi connectivity index (χ4v) is 4.73. The highest BCUT2D eigenvalue weighted by Crippen LogP contribution is 2.30. The zero-order chi connectivity index (χ0) is 23.2. The molecule has 0 aliphatic carbocycles. The summed E-state index contributed by atoms with van der Waals surface area (Å²) in [7, 11) is 0. The van der Waals surface area contributed by atoms with E-state index in [4.69, 9.17) is 0 Å². The van der Waals surface area contributed by atoms with Crippen LogP contribution < -0.4 is 0 Å². The minimum absolute atomic E-state index is 0.230. The summed E-state index contributed by atoms with van der Waals surface area (Å²) in [6.45, 7) is 24.4. The van der Waals surface area contributed by atoms with Crippen molar-refractivity contribution in [2.45, 2.75) is 92.4 Å². The Morgan fingerprint density at radius 1 is 0.733 bits per heavy atom. The summed E-state index contributed by atoms with van der Waals surface area (Å²) in [4.78, 5) is 8.44. The van der Waals surface area contributed by atoms with E-state index in [-0.39, 0.29) is 5.41 Å². The monoisotopic (exact) mass is 443 g/mol. The van der Waals surface area contributed by atoms with Crippen molar-refractivity contribution in [3.05, 3.63) is 73.9 Å². The predicted molar refractivity (Wildman–Crippen MR) is 138 cm³/mol. The number of hydrogen-bond donors (Lipinski definition) is 0. The smallest absolute Gasteiger partial charge is 0.0305 e. The number of pyridine rings is 1. The lowest BCUT2D eigenvalue weighted by Gasteiger charge is -2.17. The number of aryl methyl sites for hydroxylation is 2. The van der Waals surface area contributed by atoms with E-state index in [9.17, 15) is 0 Å². The lowest BCUT2D eigenvalue weighted by atomic mass is 9.88. The third kappa shape index (κ3) is 9.14. The van der Waals surface area contributed by atoms with E-state index in [0.29, 0.717) is 10.8 Å². The van der Waals surface area contributed by atoms with Gasteiger partial charge in [0.25, 0.3) is 0 Å². The molecule has 1 nitrogen and oxygen atoms in total. The third-order valence-corrected chi connectivity index (χ3v) is 7.42. The van der Waals surface area contributed by atoms with Crippen molar-refractivity contribution in [1.82, 2.24) is 4.98 Å². The lowest BCUT2D eigenvalue weighted by Crippen LogP contribution is -2.10. The van der Waals surface area contributed by atoms with Crippen LogP contribution in [0.1, 0.15) is 88.1 Å². The molecule has 0 amide bonds. The molecule has 0 unspecified atom stereocenters. The molecule has 0 N–H and O–H groups in total. The Balaban J connectivity index is 0.000000225. The van der Waals surface area contributed by atoms with E-state index in [1.165, 1.54) is 25.8 Å². The van der Waals surface area contributed by atoms with E-state index in [2.05, 4.69) is 111 Å². The summed E-state index contributed by atoms with van der Waals surface area (Å²) in [5, 5.41) is 2.16. The van der Waals surface area contributed by atoms with E-state index in [1.54, 1.807) is 6.20 Å². The Bertz CT molecular complexity index is 866. The molecule has 0 radical (unpaired) electrons. The van der Waals surface area contributed by atoms with Gasteiger partial charge in [0.05, 0.1) is 0 Å². The van der Waals surface area contributed by atoms with E-state index in [0.717, 1.165) is 0 Å². The second-order valence-electron chi connectivity index (χ2n) is 10.8. The first kappa shape index (κ1) is 26.6. The summed E-state index contributed by atoms with van der Waals surface area (Å²) in [6.07, 6.45) is 3.72. The molecule has 166 valence electrons. The van der Waals surface area contributed by atoms with Gasteiger partial charge in [-0.25, -0.2) is 0 Å². The lowest BCUT2D eigenvalue weighted by molar-refractivity contribution is 0.587. The van der Waals surface area contributed by atoms with Gasteiger partial charge < -0.3 is 0 Å². The summed E-state index contributed by atoms with van der Waals surface area (Å²) < 4.78 is 0. The quantitative estimate of drug-likeness (QED) is 0.337. The van der Waals surface area contributed by atoms with E-state index >= 15 is 0 Å². The second kappa shape index (κ2) is 10.7. The molecular weight excluding hydrogens is 402 g/mol. The highest BCUT2D eigenvalue weighted by molar-refractivity contribution is 7.12. The van der Waals surface area contributed by atoms with Gasteiger partial charge in [-0.3, -0.25) is 4.98 Å². The van der Waals surface area contributed by atoms with Crippen LogP contribution in [0.4, 0.5) is 0 Å². The molecule has 0 saturated heterocycles. The molecule has 0 saturated carbocycles. The molecule has 3 heterocycles. The molecule has 0 aromatic carbocycles. The van der Waals surface area contributed by atoms with Gasteiger partial charge in [0, 0.05) is 27.0 Å². The number of nitrogens with zero attached hydrogens (tertiary/aromatic N) is 1. The van der Waals surface area contributed by atoms with Gasteiger partial charge in [0.2, 0.25) is 0 Å². The van der Waals surface area contributed by atoms with Gasteiger partial charge in [0.1, 0.15) is 0 Å². The van der Waals surface area contributed by atoms with Crippen LogP contribution >= 0.6 is 22.7 Å². The Hall–Kier alpha value is -1.45. The van der Waals surface area contributed by atoms with Crippen molar-refractivity contribution in [2.75, 3.05) is 0 Å². The topological polar surface area (TPSA) is 12.9 Å². The molecule has 3 rings (SSSR count). The van der Waals surface area contributed by atoms with Crippen molar-refractivity contribution >= 4 is 22.7 Å². The molecular formula is C27H41NS2. The highest BCUT2D eigenvalue weighted by atomic mass is 32.1. The van der Waals surface area contributed by atoms with Crippen LogP contribution in [-0.4, -0.2) is 4.98 Å². The van der Waals surface area contributed by atoms with Crippen LogP contribution in [0.5, 0.6) is 0 Å². The number of rotatable bonds is 0. The molecule has 0 aliphatic rings. The van der Waals surface area contributed by atoms with Crippen molar-refractivity contribution in [1.29, 1.82) is 0 Å². The minimum atomic E-state index is 0.230. The summed E-state index contributed by atoms with van der Waals surface area (Å²) in [6, 6.07) is 10.7. The number of aromatic nitrogens is 1. The van der Waals surface area contributed by atoms with E-state index < -0.39 is 0 Å². The fraction of sp³-hybridized carbons (Fsp3) is 0.519. The molecule has 3 heteroatoms. The highest BCUT2D eigenvalue weighted by Gasteiger charge is 2.17. The average molecular weight is 444 g/mol. The maximum absolute atomic E-state index is 4.05. The van der Waals surface area contributed by atoms with Gasteiger partial charge in [-0.2, -0.15) is 0 Å². The van der Waals surface area contributed by atoms with E-state index in [1.807, 2.05) is 34.9 Å². The maximum Gasteiger partial charge on any atom is 0.0305 e. The number of thiophene rings is 2. The van der Waals surface area contributed by atoms with Crippen LogP contribution in [0.2, 0.25) is 0 Å². The van der Waals surface area contributed by atoms with Crippen LogP contribution in [0.3, 0.4) is 0 Å². The molecule has 30 heavy (non-hydrogen) atoms. The standard InChI is InChI=1S/C9H13N.2C9H14S/c1-9(2,3)8-5-4-6-10-7-8;1-7-5-6-10-8(7)9(2,3)4;1-7-5-6-8(10-7)9(2,3)4/h4-7H,1-3H3;2*5-6H,1-4H3. The Labute approximate surface area is 193 Å². The van der Waals surface area contributed by atoms with Crippen molar-refractivity contribution < 1.29 is 0 Å². The van der Waals surface area contributed by atoms with Crippen LogP contribution in [0.25, 0.3) is 0 Å². The summed E-state index contributed by atoms with van der Waals surface area (Å²) in [5.74, 6) is 0. The largest absolute Gasteiger partial charge is 0.264 e. The third-order valence-electron chi connectivity index (χ3n) is 4.55. The van der Waals surface area contributed by atoms with Gasteiger partial charge >= 0.3 is 0 Å². The van der Waals surface area contributed by atoms with Crippen LogP contribution in [0, 0.1) is 13.8 Å². The molecule has 0 atom stereocenters. The van der Waals surface area contributed by atoms with Crippen molar-refractivity contribution in [2.24, 2.45) is 0 Å². The SMILES string of the molecule is CC(C)(C)c1cccnc1.Cc1ccc(C(C)(C)C)s1.Cc1ccsc1C(C)(C)C. The van der Waals surface area contributed by atoms with Crippen molar-refractivity contribution in [3.63, 3.8) is 0 Å². The molecule has 0 fully saturated rings. The maximum atomic E-state index is 4.05. The van der Waals surface area contributed by atoms with Gasteiger partial charge in [-0.1, -0.05) is 68.4 Å². The summed E-state index contributed by atoms with van der Waals surface area (Å²) in [5.41, 5.74) is 3.61. The first-order valence-electron chi connectivity index (χ1n) is 10.6. The zero-order valence-electron chi connectivity index (χ0n) is 20.9. The summed E-state index contributed by atoms with van der Waals surface area (Å²) >= 11 is 3.75. The Kier molecular flexibility index (Phi) is 9.51. The molecule has 0 aliphatic heterocycles. The van der Waals surface area contributed by atoms with Gasteiger partial charge in [-0.15, -0.1) is 22.7 Å². The normalized spacial score (nSPS) is 11.8. The predicted octanol–water partition coefficient (Wildman–Crippen LogP) is 9.09. The first-order valence-corrected chi connectivity index (χ1v) is 12.3. The zero-order valence-corrected chi connectivity index (χ0v) is 22.5. The fourth-order valence-electron chi connectivity index (χ4n) is 2.79. The first-order chi connectivity index (χ1) is 13.6. The number of hydrogen-bond acceptors (Lipinski definition) is 3. The minimum Gasteiger partial charge on any atom is -0.264 e. The molecule has 3 aromatic heterocycles.